The van der Waals surface area contributed by atoms with Gasteiger partial charge in [0.05, 0.1) is 26.2 Å². The fourth-order valence-electron chi connectivity index (χ4n) is 5.92. The summed E-state index contributed by atoms with van der Waals surface area (Å²) in [5.41, 5.74) is 0.400. The van der Waals surface area contributed by atoms with E-state index in [9.17, 15) is 4.79 Å². The molecule has 2 saturated carbocycles. The molecule has 2 aliphatic carbocycles. The van der Waals surface area contributed by atoms with Crippen LogP contribution in [0.2, 0.25) is 0 Å². The van der Waals surface area contributed by atoms with Crippen molar-refractivity contribution in [2.24, 2.45) is 22.7 Å². The van der Waals surface area contributed by atoms with Crippen LogP contribution in [0.3, 0.4) is 0 Å². The largest absolute Gasteiger partial charge is 0.466 e. The first-order chi connectivity index (χ1) is 10.8. The fourth-order valence-corrected chi connectivity index (χ4v) is 5.92. The van der Waals surface area contributed by atoms with Crippen LogP contribution in [0.5, 0.6) is 0 Å². The van der Waals surface area contributed by atoms with Gasteiger partial charge in [-0.2, -0.15) is 0 Å². The van der Waals surface area contributed by atoms with Gasteiger partial charge in [0.15, 0.2) is 5.79 Å². The van der Waals surface area contributed by atoms with E-state index in [1.807, 2.05) is 6.92 Å². The Bertz CT molecular complexity index is 452. The van der Waals surface area contributed by atoms with Gasteiger partial charge in [0.1, 0.15) is 0 Å². The van der Waals surface area contributed by atoms with Crippen molar-refractivity contribution in [3.8, 4) is 0 Å². The van der Waals surface area contributed by atoms with Gasteiger partial charge in [-0.15, -0.1) is 0 Å². The molecular formula is C19H32O4. The summed E-state index contributed by atoms with van der Waals surface area (Å²) in [6, 6.07) is 0. The van der Waals surface area contributed by atoms with E-state index in [4.69, 9.17) is 14.2 Å². The van der Waals surface area contributed by atoms with Gasteiger partial charge in [-0.05, 0) is 42.9 Å². The minimum atomic E-state index is -0.564. The molecule has 4 nitrogen and oxygen atoms in total. The number of fused-ring (bicyclic) bond motifs is 1. The molecule has 3 fully saturated rings. The fraction of sp³-hybridized carbons (Fsp3) is 0.947. The van der Waals surface area contributed by atoms with Crippen LogP contribution in [0, 0.1) is 22.7 Å². The topological polar surface area (TPSA) is 44.8 Å². The molecule has 1 spiro atoms. The number of hydrogen-bond acceptors (Lipinski definition) is 4. The number of esters is 1. The Morgan fingerprint density at radius 2 is 1.83 bits per heavy atom. The Morgan fingerprint density at radius 3 is 2.48 bits per heavy atom. The zero-order valence-corrected chi connectivity index (χ0v) is 15.2. The Labute approximate surface area is 140 Å². The van der Waals surface area contributed by atoms with Crippen molar-refractivity contribution in [3.05, 3.63) is 0 Å². The number of ether oxygens (including phenoxy) is 3. The number of rotatable bonds is 3. The lowest BCUT2D eigenvalue weighted by Gasteiger charge is -2.61. The second-order valence-electron chi connectivity index (χ2n) is 8.51. The normalized spacial score (nSPS) is 38.3. The molecule has 23 heavy (non-hydrogen) atoms. The highest BCUT2D eigenvalue weighted by Crippen LogP contribution is 2.64. The van der Waals surface area contributed by atoms with E-state index in [0.29, 0.717) is 37.6 Å². The van der Waals surface area contributed by atoms with Gasteiger partial charge in [-0.25, -0.2) is 0 Å². The van der Waals surface area contributed by atoms with E-state index in [1.54, 1.807) is 0 Å². The minimum Gasteiger partial charge on any atom is -0.466 e. The van der Waals surface area contributed by atoms with Gasteiger partial charge in [0.2, 0.25) is 0 Å². The van der Waals surface area contributed by atoms with E-state index in [2.05, 4.69) is 20.8 Å². The lowest BCUT2D eigenvalue weighted by atomic mass is 9.46. The van der Waals surface area contributed by atoms with E-state index < -0.39 is 5.79 Å². The first kappa shape index (κ1) is 17.2. The van der Waals surface area contributed by atoms with Crippen LogP contribution in [0.15, 0.2) is 0 Å². The molecule has 1 heterocycles. The molecule has 0 radical (unpaired) electrons. The maximum absolute atomic E-state index is 12.3. The highest BCUT2D eigenvalue weighted by Gasteiger charge is 2.62. The predicted molar refractivity (Wildman–Crippen MR) is 87.8 cm³/mol. The Hall–Kier alpha value is -0.610. The average molecular weight is 324 g/mol. The zero-order chi connectivity index (χ0) is 16.7. The van der Waals surface area contributed by atoms with Gasteiger partial charge >= 0.3 is 5.97 Å². The molecule has 1 aliphatic heterocycles. The lowest BCUT2D eigenvalue weighted by molar-refractivity contribution is -0.273. The summed E-state index contributed by atoms with van der Waals surface area (Å²) in [6.07, 6.45) is 6.09. The molecule has 4 heteroatoms. The molecular weight excluding hydrogens is 292 g/mol. The van der Waals surface area contributed by atoms with Gasteiger partial charge in [0.25, 0.3) is 0 Å². The third-order valence-electron chi connectivity index (χ3n) is 6.84. The second kappa shape index (κ2) is 6.03. The van der Waals surface area contributed by atoms with E-state index in [1.165, 1.54) is 12.8 Å². The van der Waals surface area contributed by atoms with Gasteiger partial charge in [-0.3, -0.25) is 4.79 Å². The SMILES string of the molecule is CCOC(=O)C[C@@H]1C2(CC[C@H]3C(C)(C)CCC[C@]13C)OCCO2. The second-order valence-corrected chi connectivity index (χ2v) is 8.51. The van der Waals surface area contributed by atoms with Gasteiger partial charge in [-0.1, -0.05) is 27.2 Å². The Morgan fingerprint density at radius 1 is 1.13 bits per heavy atom. The van der Waals surface area contributed by atoms with E-state index >= 15 is 0 Å². The molecule has 3 aliphatic rings. The summed E-state index contributed by atoms with van der Waals surface area (Å²) in [6.45, 7) is 10.7. The van der Waals surface area contributed by atoms with Crippen LogP contribution >= 0.6 is 0 Å². The molecule has 0 amide bonds. The summed E-state index contributed by atoms with van der Waals surface area (Å²) >= 11 is 0. The molecule has 1 saturated heterocycles. The van der Waals surface area contributed by atoms with Crippen LogP contribution in [-0.4, -0.2) is 31.6 Å². The summed E-state index contributed by atoms with van der Waals surface area (Å²) < 4.78 is 17.5. The zero-order valence-electron chi connectivity index (χ0n) is 15.2. The summed E-state index contributed by atoms with van der Waals surface area (Å²) in [4.78, 5) is 12.3. The molecule has 0 N–H and O–H groups in total. The summed E-state index contributed by atoms with van der Waals surface area (Å²) in [5.74, 6) is 0.0310. The summed E-state index contributed by atoms with van der Waals surface area (Å²) in [7, 11) is 0. The Balaban J connectivity index is 1.93. The van der Waals surface area contributed by atoms with Crippen molar-refractivity contribution in [3.63, 3.8) is 0 Å². The maximum atomic E-state index is 12.3. The van der Waals surface area contributed by atoms with Gasteiger partial charge in [0, 0.05) is 12.3 Å². The lowest BCUT2D eigenvalue weighted by Crippen LogP contribution is -2.59. The smallest absolute Gasteiger partial charge is 0.306 e. The van der Waals surface area contributed by atoms with Crippen molar-refractivity contribution in [1.82, 2.24) is 0 Å². The quantitative estimate of drug-likeness (QED) is 0.738. The predicted octanol–water partition coefficient (Wildman–Crippen LogP) is 3.93. The Kier molecular flexibility index (Phi) is 4.52. The molecule has 0 aromatic rings. The number of carbonyl (C=O) groups excluding carboxylic acids is 1. The van der Waals surface area contributed by atoms with Crippen molar-refractivity contribution >= 4 is 5.97 Å². The first-order valence-corrected chi connectivity index (χ1v) is 9.28. The van der Waals surface area contributed by atoms with Crippen LogP contribution in [0.25, 0.3) is 0 Å². The standard InChI is InChI=1S/C19H32O4/c1-5-21-16(20)13-15-18(4)9-6-8-17(2,3)14(18)7-10-19(15)22-11-12-23-19/h14-15H,5-13H2,1-4H3/t14-,15-,18-/m0/s1. The highest BCUT2D eigenvalue weighted by molar-refractivity contribution is 5.70. The molecule has 0 unspecified atom stereocenters. The van der Waals surface area contributed by atoms with Crippen LogP contribution < -0.4 is 0 Å². The van der Waals surface area contributed by atoms with Crippen molar-refractivity contribution in [2.45, 2.75) is 72.0 Å². The molecule has 0 aromatic heterocycles. The first-order valence-electron chi connectivity index (χ1n) is 9.28. The molecule has 3 atom stereocenters. The minimum absolute atomic E-state index is 0.0805. The third kappa shape index (κ3) is 2.82. The molecule has 3 rings (SSSR count). The van der Waals surface area contributed by atoms with Gasteiger partial charge < -0.3 is 14.2 Å². The monoisotopic (exact) mass is 324 g/mol. The van der Waals surface area contributed by atoms with Crippen molar-refractivity contribution in [1.29, 1.82) is 0 Å². The highest BCUT2D eigenvalue weighted by atomic mass is 16.7. The molecule has 0 aromatic carbocycles. The third-order valence-corrected chi connectivity index (χ3v) is 6.84. The van der Waals surface area contributed by atoms with E-state index in [0.717, 1.165) is 19.3 Å². The summed E-state index contributed by atoms with van der Waals surface area (Å²) in [5, 5.41) is 0. The maximum Gasteiger partial charge on any atom is 0.306 e. The van der Waals surface area contributed by atoms with Crippen LogP contribution in [-0.2, 0) is 19.0 Å². The molecule has 0 bridgehead atoms. The number of hydrogen-bond donors (Lipinski definition) is 0. The van der Waals surface area contributed by atoms with Crippen LogP contribution in [0.1, 0.15) is 66.2 Å². The average Bonchev–Trinajstić information content (AvgIpc) is 2.92. The van der Waals surface area contributed by atoms with Crippen molar-refractivity contribution < 1.29 is 19.0 Å². The van der Waals surface area contributed by atoms with Crippen LogP contribution in [0.4, 0.5) is 0 Å². The van der Waals surface area contributed by atoms with Crippen molar-refractivity contribution in [2.75, 3.05) is 19.8 Å². The molecule has 132 valence electrons. The number of carbonyl (C=O) groups is 1. The van der Waals surface area contributed by atoms with E-state index in [-0.39, 0.29) is 17.3 Å².